The maximum absolute atomic E-state index is 11.6. The number of hydrogen-bond acceptors (Lipinski definition) is 5. The van der Waals surface area contributed by atoms with Crippen LogP contribution < -0.4 is 16.4 Å². The van der Waals surface area contributed by atoms with Crippen molar-refractivity contribution in [1.29, 1.82) is 0 Å². The first-order chi connectivity index (χ1) is 8.77. The minimum atomic E-state index is -1.34. The number of nitrogens with two attached hydrogens (primary N) is 1. The fourth-order valence-corrected chi connectivity index (χ4v) is 1.19. The Bertz CT molecular complexity index is 370. The van der Waals surface area contributed by atoms with Crippen molar-refractivity contribution < 1.29 is 29.4 Å². The van der Waals surface area contributed by atoms with E-state index in [4.69, 9.17) is 15.9 Å². The molecule has 0 heterocycles. The minimum absolute atomic E-state index is 0.242. The molecule has 0 bridgehead atoms. The Hall–Kier alpha value is -2.16. The van der Waals surface area contributed by atoms with Gasteiger partial charge in [0.25, 0.3) is 0 Å². The van der Waals surface area contributed by atoms with Crippen molar-refractivity contribution in [2.45, 2.75) is 31.8 Å². The molecule has 0 fully saturated rings. The number of rotatable bonds is 8. The molecule has 0 saturated carbocycles. The highest BCUT2D eigenvalue weighted by atomic mass is 16.4. The van der Waals surface area contributed by atoms with E-state index in [9.17, 15) is 19.2 Å². The third kappa shape index (κ3) is 6.99. The van der Waals surface area contributed by atoms with E-state index in [1.54, 1.807) is 0 Å². The third-order valence-corrected chi connectivity index (χ3v) is 2.22. The molecule has 9 nitrogen and oxygen atoms in total. The van der Waals surface area contributed by atoms with Gasteiger partial charge < -0.3 is 26.6 Å². The molecular formula is C10H17N3O6. The SMILES string of the molecule is CC(NC(=O)CN)C(=O)NC(CCC(=O)O)C(=O)O. The molecule has 19 heavy (non-hydrogen) atoms. The van der Waals surface area contributed by atoms with Gasteiger partial charge in [-0.2, -0.15) is 0 Å². The van der Waals surface area contributed by atoms with Gasteiger partial charge >= 0.3 is 11.9 Å². The smallest absolute Gasteiger partial charge is 0.326 e. The standard InChI is InChI=1S/C10H17N3O6/c1-5(12-7(14)4-11)9(17)13-6(10(18)19)2-3-8(15)16/h5-6H,2-4,11H2,1H3,(H,12,14)(H,13,17)(H,15,16)(H,18,19). The van der Waals surface area contributed by atoms with Crippen LogP contribution in [0.5, 0.6) is 0 Å². The molecule has 0 saturated heterocycles. The fraction of sp³-hybridized carbons (Fsp3) is 0.600. The first-order valence-corrected chi connectivity index (χ1v) is 5.52. The van der Waals surface area contributed by atoms with Gasteiger partial charge in [-0.15, -0.1) is 0 Å². The second-order valence-corrected chi connectivity index (χ2v) is 3.83. The first-order valence-electron chi connectivity index (χ1n) is 5.52. The summed E-state index contributed by atoms with van der Waals surface area (Å²) in [6.07, 6.45) is -0.630. The Morgan fingerprint density at radius 1 is 1.16 bits per heavy atom. The van der Waals surface area contributed by atoms with Crippen LogP contribution >= 0.6 is 0 Å². The average molecular weight is 275 g/mol. The van der Waals surface area contributed by atoms with Gasteiger partial charge in [-0.3, -0.25) is 14.4 Å². The number of carboxylic acid groups (broad SMARTS) is 2. The van der Waals surface area contributed by atoms with Gasteiger partial charge in [-0.25, -0.2) is 4.79 Å². The molecule has 0 spiro atoms. The number of aliphatic carboxylic acids is 2. The summed E-state index contributed by atoms with van der Waals surface area (Å²) >= 11 is 0. The molecule has 2 amide bonds. The number of carboxylic acids is 2. The highest BCUT2D eigenvalue weighted by Gasteiger charge is 2.24. The molecule has 0 aromatic rings. The number of carbonyl (C=O) groups excluding carboxylic acids is 2. The topological polar surface area (TPSA) is 159 Å². The Kier molecular flexibility index (Phi) is 7.12. The number of amides is 2. The molecule has 9 heteroatoms. The summed E-state index contributed by atoms with van der Waals surface area (Å²) in [6, 6.07) is -2.27. The molecule has 0 aromatic carbocycles. The summed E-state index contributed by atoms with van der Waals surface area (Å²) in [5, 5.41) is 21.7. The molecule has 0 aliphatic rings. The quantitative estimate of drug-likeness (QED) is 0.338. The predicted molar refractivity (Wildman–Crippen MR) is 63.1 cm³/mol. The van der Waals surface area contributed by atoms with E-state index in [1.165, 1.54) is 6.92 Å². The normalized spacial score (nSPS) is 13.2. The molecule has 108 valence electrons. The van der Waals surface area contributed by atoms with E-state index in [0.29, 0.717) is 0 Å². The van der Waals surface area contributed by atoms with Crippen molar-refractivity contribution in [3.05, 3.63) is 0 Å². The molecule has 6 N–H and O–H groups in total. The average Bonchev–Trinajstić information content (AvgIpc) is 2.32. The molecule has 0 rings (SSSR count). The van der Waals surface area contributed by atoms with Crippen molar-refractivity contribution in [3.63, 3.8) is 0 Å². The molecule has 2 atom stereocenters. The van der Waals surface area contributed by atoms with Gasteiger partial charge in [0.15, 0.2) is 0 Å². The summed E-state index contributed by atoms with van der Waals surface area (Å²) in [5.41, 5.74) is 5.05. The van der Waals surface area contributed by atoms with Crippen LogP contribution in [-0.2, 0) is 19.2 Å². The lowest BCUT2D eigenvalue weighted by molar-refractivity contribution is -0.143. The number of carbonyl (C=O) groups is 4. The van der Waals surface area contributed by atoms with Gasteiger partial charge in [0, 0.05) is 6.42 Å². The monoisotopic (exact) mass is 275 g/mol. The molecule has 0 aliphatic carbocycles. The van der Waals surface area contributed by atoms with Crippen molar-refractivity contribution in [1.82, 2.24) is 10.6 Å². The van der Waals surface area contributed by atoms with E-state index in [2.05, 4.69) is 10.6 Å². The first kappa shape index (κ1) is 16.8. The van der Waals surface area contributed by atoms with Crippen LogP contribution in [0.2, 0.25) is 0 Å². The maximum atomic E-state index is 11.6. The van der Waals surface area contributed by atoms with Gasteiger partial charge in [0.1, 0.15) is 12.1 Å². The maximum Gasteiger partial charge on any atom is 0.326 e. The van der Waals surface area contributed by atoms with Crippen molar-refractivity contribution in [2.24, 2.45) is 5.73 Å². The van der Waals surface area contributed by atoms with E-state index in [1.807, 2.05) is 0 Å². The number of hydrogen-bond donors (Lipinski definition) is 5. The lowest BCUT2D eigenvalue weighted by Crippen LogP contribution is -2.51. The van der Waals surface area contributed by atoms with Crippen LogP contribution in [0.1, 0.15) is 19.8 Å². The third-order valence-electron chi connectivity index (χ3n) is 2.22. The highest BCUT2D eigenvalue weighted by molar-refractivity contribution is 5.90. The Labute approximate surface area is 109 Å². The Morgan fingerprint density at radius 3 is 2.16 bits per heavy atom. The van der Waals surface area contributed by atoms with Gasteiger partial charge in [0.05, 0.1) is 6.54 Å². The Morgan fingerprint density at radius 2 is 1.74 bits per heavy atom. The van der Waals surface area contributed by atoms with Crippen LogP contribution in [-0.4, -0.2) is 52.6 Å². The summed E-state index contributed by atoms with van der Waals surface area (Å²) in [6.45, 7) is 1.07. The van der Waals surface area contributed by atoms with Crippen LogP contribution in [0.15, 0.2) is 0 Å². The summed E-state index contributed by atoms with van der Waals surface area (Å²) < 4.78 is 0. The van der Waals surface area contributed by atoms with Gasteiger partial charge in [-0.1, -0.05) is 0 Å². The molecule has 0 radical (unpaired) electrons. The van der Waals surface area contributed by atoms with E-state index >= 15 is 0 Å². The second kappa shape index (κ2) is 8.03. The van der Waals surface area contributed by atoms with Crippen LogP contribution in [0.4, 0.5) is 0 Å². The number of nitrogens with one attached hydrogen (secondary N) is 2. The predicted octanol–water partition coefficient (Wildman–Crippen LogP) is -2.12. The van der Waals surface area contributed by atoms with Crippen molar-refractivity contribution in [3.8, 4) is 0 Å². The van der Waals surface area contributed by atoms with E-state index in [-0.39, 0.29) is 19.4 Å². The summed E-state index contributed by atoms with van der Waals surface area (Å²) in [7, 11) is 0. The van der Waals surface area contributed by atoms with Crippen LogP contribution in [0.3, 0.4) is 0 Å². The molecule has 2 unspecified atom stereocenters. The Balaban J connectivity index is 4.41. The largest absolute Gasteiger partial charge is 0.481 e. The molecular weight excluding hydrogens is 258 g/mol. The zero-order chi connectivity index (χ0) is 15.0. The fourth-order valence-electron chi connectivity index (χ4n) is 1.19. The van der Waals surface area contributed by atoms with Crippen LogP contribution in [0.25, 0.3) is 0 Å². The van der Waals surface area contributed by atoms with Gasteiger partial charge in [0.2, 0.25) is 11.8 Å². The van der Waals surface area contributed by atoms with Crippen molar-refractivity contribution in [2.75, 3.05) is 6.54 Å². The summed E-state index contributed by atoms with van der Waals surface area (Å²) in [4.78, 5) is 43.7. The highest BCUT2D eigenvalue weighted by Crippen LogP contribution is 1.99. The summed E-state index contributed by atoms with van der Waals surface area (Å²) in [5.74, 6) is -3.78. The lowest BCUT2D eigenvalue weighted by Gasteiger charge is -2.18. The van der Waals surface area contributed by atoms with E-state index in [0.717, 1.165) is 0 Å². The minimum Gasteiger partial charge on any atom is -0.481 e. The molecule has 0 aliphatic heterocycles. The van der Waals surface area contributed by atoms with Gasteiger partial charge in [-0.05, 0) is 13.3 Å². The molecule has 0 aromatic heterocycles. The van der Waals surface area contributed by atoms with E-state index < -0.39 is 35.8 Å². The van der Waals surface area contributed by atoms with Crippen molar-refractivity contribution >= 4 is 23.8 Å². The van der Waals surface area contributed by atoms with Crippen LogP contribution in [0, 0.1) is 0 Å². The zero-order valence-corrected chi connectivity index (χ0v) is 10.4. The second-order valence-electron chi connectivity index (χ2n) is 3.83. The zero-order valence-electron chi connectivity index (χ0n) is 10.4. The lowest BCUT2D eigenvalue weighted by atomic mass is 10.1.